The molecule has 1 N–H and O–H groups in total. The average Bonchev–Trinajstić information content (AvgIpc) is 2.82. The second kappa shape index (κ2) is 7.62. The van der Waals surface area contributed by atoms with Crippen LogP contribution in [0.1, 0.15) is 41.5 Å². The molecule has 29 heavy (non-hydrogen) atoms. The fourth-order valence-electron chi connectivity index (χ4n) is 4.40. The van der Waals surface area contributed by atoms with E-state index in [1.165, 1.54) is 13.8 Å². The van der Waals surface area contributed by atoms with Crippen LogP contribution in [0.3, 0.4) is 0 Å². The first kappa shape index (κ1) is 22.2. The number of alkyl halides is 1. The molecular formula is C24H33FO3Si. The van der Waals surface area contributed by atoms with Gasteiger partial charge in [0.2, 0.25) is 0 Å². The molecule has 1 saturated heterocycles. The van der Waals surface area contributed by atoms with Crippen molar-refractivity contribution in [2.45, 2.75) is 70.1 Å². The lowest BCUT2D eigenvalue weighted by atomic mass is 9.83. The highest BCUT2D eigenvalue weighted by Gasteiger charge is 2.61. The average molecular weight is 417 g/mol. The first-order valence-electron chi connectivity index (χ1n) is 10.3. The molecular weight excluding hydrogens is 383 g/mol. The van der Waals surface area contributed by atoms with Crippen molar-refractivity contribution in [1.82, 2.24) is 0 Å². The molecule has 3 rings (SSSR count). The van der Waals surface area contributed by atoms with Crippen LogP contribution >= 0.6 is 0 Å². The summed E-state index contributed by atoms with van der Waals surface area (Å²) in [6.07, 6.45) is -1.44. The van der Waals surface area contributed by atoms with E-state index in [1.807, 2.05) is 36.4 Å². The summed E-state index contributed by atoms with van der Waals surface area (Å²) >= 11 is 0. The Morgan fingerprint density at radius 3 is 1.79 bits per heavy atom. The second-order valence-electron chi connectivity index (χ2n) is 9.46. The van der Waals surface area contributed by atoms with E-state index in [-0.39, 0.29) is 11.6 Å². The fourth-order valence-corrected chi connectivity index (χ4v) is 8.95. The molecule has 1 aliphatic rings. The van der Waals surface area contributed by atoms with Crippen molar-refractivity contribution in [1.29, 1.82) is 0 Å². The molecule has 2 aromatic rings. The van der Waals surface area contributed by atoms with Crippen LogP contribution in [-0.4, -0.2) is 43.5 Å². The van der Waals surface area contributed by atoms with E-state index in [0.717, 1.165) is 10.4 Å². The number of hydrogen-bond acceptors (Lipinski definition) is 3. The van der Waals surface area contributed by atoms with Crippen molar-refractivity contribution in [3.8, 4) is 0 Å². The summed E-state index contributed by atoms with van der Waals surface area (Å²) < 4.78 is 27.8. The van der Waals surface area contributed by atoms with E-state index in [1.54, 1.807) is 6.92 Å². The van der Waals surface area contributed by atoms with Crippen molar-refractivity contribution in [3.63, 3.8) is 0 Å². The van der Waals surface area contributed by atoms with E-state index in [0.29, 0.717) is 0 Å². The van der Waals surface area contributed by atoms with Crippen LogP contribution in [0, 0.1) is 0 Å². The van der Waals surface area contributed by atoms with Gasteiger partial charge in [-0.05, 0) is 36.2 Å². The van der Waals surface area contributed by atoms with Crippen LogP contribution < -0.4 is 10.4 Å². The van der Waals surface area contributed by atoms with E-state index >= 15 is 4.39 Å². The van der Waals surface area contributed by atoms with Crippen LogP contribution in [0.25, 0.3) is 0 Å². The van der Waals surface area contributed by atoms with Crippen molar-refractivity contribution < 1.29 is 18.7 Å². The minimum absolute atomic E-state index is 0.129. The number of ether oxygens (including phenoxy) is 1. The lowest BCUT2D eigenvalue weighted by Gasteiger charge is -2.44. The second-order valence-corrected chi connectivity index (χ2v) is 13.8. The fraction of sp³-hybridized carbons (Fsp3) is 0.500. The first-order chi connectivity index (χ1) is 13.4. The van der Waals surface area contributed by atoms with E-state index in [9.17, 15) is 5.11 Å². The van der Waals surface area contributed by atoms with Gasteiger partial charge in [0.05, 0.1) is 12.7 Å². The molecule has 4 atom stereocenters. The zero-order valence-corrected chi connectivity index (χ0v) is 19.3. The molecule has 0 bridgehead atoms. The number of rotatable bonds is 5. The van der Waals surface area contributed by atoms with Crippen LogP contribution in [0.2, 0.25) is 5.04 Å². The van der Waals surface area contributed by atoms with Crippen LogP contribution in [-0.2, 0) is 9.16 Å². The third-order valence-corrected chi connectivity index (χ3v) is 11.6. The van der Waals surface area contributed by atoms with Crippen LogP contribution in [0.15, 0.2) is 60.7 Å². The van der Waals surface area contributed by atoms with Gasteiger partial charge in [-0.1, -0.05) is 81.4 Å². The predicted octanol–water partition coefficient (Wildman–Crippen LogP) is 3.83. The zero-order valence-electron chi connectivity index (χ0n) is 18.3. The molecule has 158 valence electrons. The Morgan fingerprint density at radius 1 is 1.00 bits per heavy atom. The molecule has 0 radical (unpaired) electrons. The number of halogens is 1. The monoisotopic (exact) mass is 416 g/mol. The van der Waals surface area contributed by atoms with Crippen LogP contribution in [0.5, 0.6) is 0 Å². The largest absolute Gasteiger partial charge is 0.405 e. The summed E-state index contributed by atoms with van der Waals surface area (Å²) in [5.41, 5.74) is -3.47. The summed E-state index contributed by atoms with van der Waals surface area (Å²) in [6, 6.07) is 20.5. The Bertz CT molecular complexity index is 776. The maximum Gasteiger partial charge on any atom is 0.261 e. The molecule has 0 amide bonds. The van der Waals surface area contributed by atoms with Gasteiger partial charge in [-0.15, -0.1) is 0 Å². The van der Waals surface area contributed by atoms with Gasteiger partial charge in [0.15, 0.2) is 5.67 Å². The quantitative estimate of drug-likeness (QED) is 0.753. The Labute approximate surface area is 175 Å². The Kier molecular flexibility index (Phi) is 5.82. The van der Waals surface area contributed by atoms with Crippen molar-refractivity contribution in [3.05, 3.63) is 60.7 Å². The third-order valence-electron chi connectivity index (χ3n) is 6.62. The minimum Gasteiger partial charge on any atom is -0.405 e. The highest BCUT2D eigenvalue weighted by molar-refractivity contribution is 6.99. The molecule has 0 saturated carbocycles. The molecule has 1 heterocycles. The summed E-state index contributed by atoms with van der Waals surface area (Å²) in [6.45, 7) is 11.3. The highest BCUT2D eigenvalue weighted by Crippen LogP contribution is 2.44. The minimum atomic E-state index is -2.76. The summed E-state index contributed by atoms with van der Waals surface area (Å²) in [5, 5.41) is 13.0. The number of aliphatic hydroxyl groups is 1. The summed E-state index contributed by atoms with van der Waals surface area (Å²) in [4.78, 5) is 0. The SMILES string of the molecule is CC1O[C@H](CO[Si](c2ccccc2)(c2ccccc2)C(C)(C)C)[C@](C)(O)[C@@]1(C)F. The van der Waals surface area contributed by atoms with E-state index in [2.05, 4.69) is 45.0 Å². The molecule has 0 spiro atoms. The van der Waals surface area contributed by atoms with Gasteiger partial charge in [0.1, 0.15) is 11.7 Å². The van der Waals surface area contributed by atoms with E-state index in [4.69, 9.17) is 9.16 Å². The maximum absolute atomic E-state index is 15.1. The Morgan fingerprint density at radius 2 is 1.45 bits per heavy atom. The van der Waals surface area contributed by atoms with Crippen LogP contribution in [0.4, 0.5) is 4.39 Å². The van der Waals surface area contributed by atoms with E-state index < -0.39 is 31.8 Å². The lowest BCUT2D eigenvalue weighted by molar-refractivity contribution is -0.0870. The third kappa shape index (κ3) is 3.59. The Hall–Kier alpha value is -1.53. The van der Waals surface area contributed by atoms with Gasteiger partial charge < -0.3 is 14.3 Å². The molecule has 1 aliphatic heterocycles. The maximum atomic E-state index is 15.1. The predicted molar refractivity (Wildman–Crippen MR) is 118 cm³/mol. The molecule has 0 aliphatic carbocycles. The molecule has 1 unspecified atom stereocenters. The lowest BCUT2D eigenvalue weighted by Crippen LogP contribution is -2.67. The number of hydrogen-bond donors (Lipinski definition) is 1. The highest BCUT2D eigenvalue weighted by atomic mass is 28.4. The van der Waals surface area contributed by atoms with Gasteiger partial charge in [-0.2, -0.15) is 0 Å². The number of benzene rings is 2. The first-order valence-corrected chi connectivity index (χ1v) is 12.2. The van der Waals surface area contributed by atoms with Gasteiger partial charge in [0.25, 0.3) is 8.32 Å². The topological polar surface area (TPSA) is 38.7 Å². The standard InChI is InChI=1S/C24H33FO3Si/c1-18-23(5,25)24(6,26)21(28-18)17-27-29(22(2,3)4,19-13-9-7-10-14-19)20-15-11-8-12-16-20/h7-16,18,21,26H,17H2,1-6H3/t18?,21-,23+,24+/m1/s1. The summed E-state index contributed by atoms with van der Waals surface area (Å²) in [5.74, 6) is 0. The normalized spacial score (nSPS) is 30.5. The van der Waals surface area contributed by atoms with Gasteiger partial charge in [-0.3, -0.25) is 0 Å². The molecule has 2 aromatic carbocycles. The van der Waals surface area contributed by atoms with Gasteiger partial charge >= 0.3 is 0 Å². The zero-order chi connectivity index (χ0) is 21.5. The van der Waals surface area contributed by atoms with Gasteiger partial charge in [0, 0.05) is 0 Å². The molecule has 1 fully saturated rings. The van der Waals surface area contributed by atoms with Crippen molar-refractivity contribution in [2.75, 3.05) is 6.61 Å². The Balaban J connectivity index is 2.06. The molecule has 0 aromatic heterocycles. The van der Waals surface area contributed by atoms with Gasteiger partial charge in [-0.25, -0.2) is 4.39 Å². The molecule has 3 nitrogen and oxygen atoms in total. The summed E-state index contributed by atoms with van der Waals surface area (Å²) in [7, 11) is -2.76. The molecule has 5 heteroatoms. The van der Waals surface area contributed by atoms with Crippen molar-refractivity contribution in [2.24, 2.45) is 0 Å². The smallest absolute Gasteiger partial charge is 0.261 e. The van der Waals surface area contributed by atoms with Crippen molar-refractivity contribution >= 4 is 18.7 Å².